The minimum atomic E-state index is -0.640. The summed E-state index contributed by atoms with van der Waals surface area (Å²) < 4.78 is 28.7. The van der Waals surface area contributed by atoms with E-state index in [1.165, 1.54) is 33.8 Å². The lowest BCUT2D eigenvalue weighted by atomic mass is 10.1. The van der Waals surface area contributed by atoms with Crippen LogP contribution in [0.4, 0.5) is 8.78 Å². The molecule has 1 aliphatic rings. The van der Waals surface area contributed by atoms with E-state index in [0.717, 1.165) is 11.6 Å². The molecule has 1 aromatic heterocycles. The van der Waals surface area contributed by atoms with Gasteiger partial charge in [-0.3, -0.25) is 9.59 Å². The Hall–Kier alpha value is -2.97. The van der Waals surface area contributed by atoms with Crippen LogP contribution in [0.1, 0.15) is 32.0 Å². The summed E-state index contributed by atoms with van der Waals surface area (Å²) in [5.41, 5.74) is 1.47. The average molecular weight is 493 g/mol. The molecule has 10 heteroatoms. The SMILES string of the molecule is Cc1nn(Cc2ccc(F)cc2)c(Cl)c1C(=O)N1CCN(C(=O)c2cc(Cl)ccc2F)CC1. The molecular formula is C23H20Cl2F2N4O2. The second kappa shape index (κ2) is 9.49. The third-order valence-corrected chi connectivity index (χ3v) is 6.16. The number of aromatic nitrogens is 2. The molecule has 0 saturated carbocycles. The highest BCUT2D eigenvalue weighted by Gasteiger charge is 2.30. The number of nitrogens with zero attached hydrogens (tertiary/aromatic N) is 4. The quantitative estimate of drug-likeness (QED) is 0.541. The highest BCUT2D eigenvalue weighted by Crippen LogP contribution is 2.24. The standard InChI is InChI=1S/C23H20Cl2F2N4O2/c1-14-20(21(25)31(28-14)13-15-2-5-17(26)6-3-15)23(33)30-10-8-29(9-11-30)22(32)18-12-16(24)4-7-19(18)27/h2-7,12H,8-11,13H2,1H3. The zero-order chi connectivity index (χ0) is 23.7. The van der Waals surface area contributed by atoms with E-state index in [1.807, 2.05) is 0 Å². The fraction of sp³-hybridized carbons (Fsp3) is 0.261. The van der Waals surface area contributed by atoms with E-state index < -0.39 is 11.7 Å². The molecule has 0 atom stereocenters. The lowest BCUT2D eigenvalue weighted by Crippen LogP contribution is -2.50. The molecule has 1 fully saturated rings. The molecule has 3 aromatic rings. The Balaban J connectivity index is 1.44. The van der Waals surface area contributed by atoms with Crippen LogP contribution in [0.25, 0.3) is 0 Å². The van der Waals surface area contributed by atoms with Crippen LogP contribution in [-0.4, -0.2) is 57.6 Å². The van der Waals surface area contributed by atoms with Gasteiger partial charge in [0.1, 0.15) is 16.8 Å². The van der Waals surface area contributed by atoms with Crippen LogP contribution in [0.5, 0.6) is 0 Å². The maximum absolute atomic E-state index is 14.1. The van der Waals surface area contributed by atoms with Crippen LogP contribution in [0, 0.1) is 18.6 Å². The smallest absolute Gasteiger partial charge is 0.259 e. The molecule has 0 spiro atoms. The Morgan fingerprint density at radius 3 is 2.18 bits per heavy atom. The molecule has 0 radical (unpaired) electrons. The van der Waals surface area contributed by atoms with Gasteiger partial charge in [0.15, 0.2) is 0 Å². The summed E-state index contributed by atoms with van der Waals surface area (Å²) in [5.74, 6) is -1.74. The van der Waals surface area contributed by atoms with Crippen LogP contribution in [0.2, 0.25) is 10.2 Å². The minimum Gasteiger partial charge on any atom is -0.335 e. The Labute approximate surface area is 199 Å². The predicted octanol–water partition coefficient (Wildman–Crippen LogP) is 4.42. The van der Waals surface area contributed by atoms with Gasteiger partial charge in [0.05, 0.1) is 23.4 Å². The van der Waals surface area contributed by atoms with Crippen molar-refractivity contribution >= 4 is 35.0 Å². The highest BCUT2D eigenvalue weighted by molar-refractivity contribution is 6.33. The van der Waals surface area contributed by atoms with Crippen molar-refractivity contribution < 1.29 is 18.4 Å². The molecule has 2 aromatic carbocycles. The van der Waals surface area contributed by atoms with Gasteiger partial charge in [-0.1, -0.05) is 35.3 Å². The Morgan fingerprint density at radius 1 is 0.939 bits per heavy atom. The third kappa shape index (κ3) is 4.86. The summed E-state index contributed by atoms with van der Waals surface area (Å²) in [6.07, 6.45) is 0. The van der Waals surface area contributed by atoms with E-state index in [9.17, 15) is 18.4 Å². The Kier molecular flexibility index (Phi) is 6.67. The Bertz CT molecular complexity index is 1210. The first-order valence-corrected chi connectivity index (χ1v) is 11.0. The molecule has 1 saturated heterocycles. The van der Waals surface area contributed by atoms with Crippen molar-refractivity contribution in [1.82, 2.24) is 19.6 Å². The molecular weight excluding hydrogens is 473 g/mol. The summed E-state index contributed by atoms with van der Waals surface area (Å²) in [7, 11) is 0. The number of hydrogen-bond acceptors (Lipinski definition) is 3. The maximum atomic E-state index is 14.1. The molecule has 33 heavy (non-hydrogen) atoms. The fourth-order valence-electron chi connectivity index (χ4n) is 3.77. The summed E-state index contributed by atoms with van der Waals surface area (Å²) in [6, 6.07) is 9.79. The van der Waals surface area contributed by atoms with Crippen LogP contribution in [0.3, 0.4) is 0 Å². The normalized spacial score (nSPS) is 14.0. The van der Waals surface area contributed by atoms with E-state index in [1.54, 1.807) is 24.0 Å². The van der Waals surface area contributed by atoms with E-state index in [4.69, 9.17) is 23.2 Å². The first-order chi connectivity index (χ1) is 15.7. The van der Waals surface area contributed by atoms with E-state index in [0.29, 0.717) is 17.8 Å². The molecule has 1 aliphatic heterocycles. The predicted molar refractivity (Wildman–Crippen MR) is 121 cm³/mol. The highest BCUT2D eigenvalue weighted by atomic mass is 35.5. The van der Waals surface area contributed by atoms with Crippen LogP contribution >= 0.6 is 23.2 Å². The summed E-state index contributed by atoms with van der Waals surface area (Å²) in [6.45, 7) is 3.02. The van der Waals surface area contributed by atoms with E-state index in [2.05, 4.69) is 5.10 Å². The molecule has 2 amide bonds. The second-order valence-corrected chi connectivity index (χ2v) is 8.54. The number of carbonyl (C=O) groups is 2. The van der Waals surface area contributed by atoms with Gasteiger partial charge in [-0.2, -0.15) is 5.10 Å². The number of halogens is 4. The van der Waals surface area contributed by atoms with Gasteiger partial charge < -0.3 is 9.80 Å². The zero-order valence-electron chi connectivity index (χ0n) is 17.7. The monoisotopic (exact) mass is 492 g/mol. The lowest BCUT2D eigenvalue weighted by Gasteiger charge is -2.34. The molecule has 6 nitrogen and oxygen atoms in total. The number of hydrogen-bond donors (Lipinski definition) is 0. The van der Waals surface area contributed by atoms with Gasteiger partial charge in [0.2, 0.25) is 0 Å². The van der Waals surface area contributed by atoms with Gasteiger partial charge in [0, 0.05) is 31.2 Å². The molecule has 2 heterocycles. The molecule has 0 aliphatic carbocycles. The zero-order valence-corrected chi connectivity index (χ0v) is 19.2. The number of carbonyl (C=O) groups excluding carboxylic acids is 2. The fourth-order valence-corrected chi connectivity index (χ4v) is 4.25. The van der Waals surface area contributed by atoms with E-state index in [-0.39, 0.29) is 53.6 Å². The van der Waals surface area contributed by atoms with Crippen molar-refractivity contribution in [1.29, 1.82) is 0 Å². The number of benzene rings is 2. The molecule has 0 bridgehead atoms. The van der Waals surface area contributed by atoms with Gasteiger partial charge >= 0.3 is 0 Å². The summed E-state index contributed by atoms with van der Waals surface area (Å²) in [4.78, 5) is 28.9. The summed E-state index contributed by atoms with van der Waals surface area (Å²) in [5, 5.41) is 4.84. The minimum absolute atomic E-state index is 0.0942. The van der Waals surface area contributed by atoms with Crippen molar-refractivity contribution in [3.8, 4) is 0 Å². The molecule has 172 valence electrons. The second-order valence-electron chi connectivity index (χ2n) is 7.74. The molecule has 0 unspecified atom stereocenters. The number of rotatable bonds is 4. The lowest BCUT2D eigenvalue weighted by molar-refractivity contribution is 0.0532. The third-order valence-electron chi connectivity index (χ3n) is 5.54. The van der Waals surface area contributed by atoms with Gasteiger partial charge in [-0.25, -0.2) is 13.5 Å². The first-order valence-electron chi connectivity index (χ1n) is 10.3. The van der Waals surface area contributed by atoms with Crippen molar-refractivity contribution in [2.45, 2.75) is 13.5 Å². The van der Waals surface area contributed by atoms with Crippen LogP contribution < -0.4 is 0 Å². The first kappa shape index (κ1) is 23.2. The number of amides is 2. The van der Waals surface area contributed by atoms with Crippen molar-refractivity contribution in [3.05, 3.63) is 86.7 Å². The van der Waals surface area contributed by atoms with Crippen LogP contribution in [0.15, 0.2) is 42.5 Å². The van der Waals surface area contributed by atoms with Gasteiger partial charge in [0.25, 0.3) is 11.8 Å². The van der Waals surface area contributed by atoms with Crippen molar-refractivity contribution in [3.63, 3.8) is 0 Å². The average Bonchev–Trinajstić information content (AvgIpc) is 3.08. The number of piperazine rings is 1. The molecule has 0 N–H and O–H groups in total. The van der Waals surface area contributed by atoms with Gasteiger partial charge in [-0.05, 0) is 42.8 Å². The Morgan fingerprint density at radius 2 is 1.55 bits per heavy atom. The van der Waals surface area contributed by atoms with Crippen LogP contribution in [-0.2, 0) is 6.54 Å². The summed E-state index contributed by atoms with van der Waals surface area (Å²) >= 11 is 12.4. The van der Waals surface area contributed by atoms with Crippen molar-refractivity contribution in [2.24, 2.45) is 0 Å². The molecule has 4 rings (SSSR count). The van der Waals surface area contributed by atoms with Crippen molar-refractivity contribution in [2.75, 3.05) is 26.2 Å². The maximum Gasteiger partial charge on any atom is 0.259 e. The van der Waals surface area contributed by atoms with E-state index >= 15 is 0 Å². The van der Waals surface area contributed by atoms with Gasteiger partial charge in [-0.15, -0.1) is 0 Å². The topological polar surface area (TPSA) is 58.4 Å². The number of aryl methyl sites for hydroxylation is 1. The largest absolute Gasteiger partial charge is 0.335 e.